The number of nitrogens with zero attached hydrogens (tertiary/aromatic N) is 2. The molecule has 1 atom stereocenters. The molecule has 0 saturated carbocycles. The maximum Gasteiger partial charge on any atom is 0.325 e. The van der Waals surface area contributed by atoms with Crippen molar-refractivity contribution in [2.45, 2.75) is 38.9 Å². The first-order valence-electron chi connectivity index (χ1n) is 10.8. The second kappa shape index (κ2) is 8.46. The number of nitrogens with one attached hydrogen (secondary N) is 1. The molecule has 4 rings (SSSR count). The maximum absolute atomic E-state index is 13.3. The van der Waals surface area contributed by atoms with E-state index in [1.165, 1.54) is 0 Å². The van der Waals surface area contributed by atoms with Gasteiger partial charge >= 0.3 is 6.03 Å². The third kappa shape index (κ3) is 3.96. The SMILES string of the molecule is CC(C)N(Cc1ccccc1)C(=O)CN1C(=O)NC(C)(c2ccc3ccccc3c2)C1=O. The van der Waals surface area contributed by atoms with Crippen molar-refractivity contribution in [3.05, 3.63) is 83.9 Å². The van der Waals surface area contributed by atoms with Crippen LogP contribution in [-0.2, 0) is 21.7 Å². The second-order valence-corrected chi connectivity index (χ2v) is 8.61. The number of hydrogen-bond donors (Lipinski definition) is 1. The van der Waals surface area contributed by atoms with E-state index in [9.17, 15) is 14.4 Å². The van der Waals surface area contributed by atoms with Crippen LogP contribution in [0, 0.1) is 0 Å². The molecular weight excluding hydrogens is 402 g/mol. The highest BCUT2D eigenvalue weighted by Crippen LogP contribution is 2.31. The molecule has 3 aromatic carbocycles. The second-order valence-electron chi connectivity index (χ2n) is 8.61. The predicted octanol–water partition coefficient (Wildman–Crippen LogP) is 4.04. The van der Waals surface area contributed by atoms with Gasteiger partial charge in [-0.05, 0) is 48.7 Å². The molecule has 32 heavy (non-hydrogen) atoms. The third-order valence-electron chi connectivity index (χ3n) is 6.03. The van der Waals surface area contributed by atoms with Crippen molar-refractivity contribution in [2.24, 2.45) is 0 Å². The number of fused-ring (bicyclic) bond motifs is 1. The van der Waals surface area contributed by atoms with Crippen molar-refractivity contribution in [3.63, 3.8) is 0 Å². The molecule has 1 heterocycles. The smallest absolute Gasteiger partial charge is 0.325 e. The first-order valence-corrected chi connectivity index (χ1v) is 10.8. The van der Waals surface area contributed by atoms with E-state index in [4.69, 9.17) is 0 Å². The summed E-state index contributed by atoms with van der Waals surface area (Å²) in [5.41, 5.74) is 0.464. The van der Waals surface area contributed by atoms with Gasteiger partial charge in [0.2, 0.25) is 5.91 Å². The monoisotopic (exact) mass is 429 g/mol. The Morgan fingerprint density at radius 2 is 1.62 bits per heavy atom. The molecule has 1 saturated heterocycles. The number of carbonyl (C=O) groups is 3. The van der Waals surface area contributed by atoms with Crippen molar-refractivity contribution >= 4 is 28.6 Å². The van der Waals surface area contributed by atoms with Crippen LogP contribution in [0.15, 0.2) is 72.8 Å². The maximum atomic E-state index is 13.3. The minimum Gasteiger partial charge on any atom is -0.334 e. The number of amides is 4. The molecule has 6 nitrogen and oxygen atoms in total. The first kappa shape index (κ1) is 21.6. The highest BCUT2D eigenvalue weighted by atomic mass is 16.2. The number of urea groups is 1. The van der Waals surface area contributed by atoms with Crippen molar-refractivity contribution < 1.29 is 14.4 Å². The van der Waals surface area contributed by atoms with Crippen LogP contribution in [-0.4, -0.2) is 40.2 Å². The largest absolute Gasteiger partial charge is 0.334 e. The van der Waals surface area contributed by atoms with Gasteiger partial charge < -0.3 is 10.2 Å². The van der Waals surface area contributed by atoms with Gasteiger partial charge in [-0.25, -0.2) is 4.79 Å². The van der Waals surface area contributed by atoms with Gasteiger partial charge in [-0.2, -0.15) is 0 Å². The highest BCUT2D eigenvalue weighted by Gasteiger charge is 2.49. The van der Waals surface area contributed by atoms with E-state index in [1.54, 1.807) is 11.8 Å². The number of imide groups is 1. The summed E-state index contributed by atoms with van der Waals surface area (Å²) in [7, 11) is 0. The Hall–Kier alpha value is -3.67. The normalized spacial score (nSPS) is 18.3. The fourth-order valence-corrected chi connectivity index (χ4v) is 4.10. The molecule has 3 aromatic rings. The third-order valence-corrected chi connectivity index (χ3v) is 6.03. The van der Waals surface area contributed by atoms with Gasteiger partial charge in [0, 0.05) is 12.6 Å². The average Bonchev–Trinajstić information content (AvgIpc) is 3.01. The van der Waals surface area contributed by atoms with Crippen LogP contribution in [0.3, 0.4) is 0 Å². The Labute approximate surface area is 187 Å². The van der Waals surface area contributed by atoms with Crippen molar-refractivity contribution in [2.75, 3.05) is 6.54 Å². The standard InChI is InChI=1S/C26H27N3O3/c1-18(2)28(16-19-9-5-4-6-10-19)23(30)17-29-24(31)26(3,27-25(29)32)22-14-13-20-11-7-8-12-21(20)15-22/h4-15,18H,16-17H2,1-3H3,(H,27,32). The Morgan fingerprint density at radius 3 is 2.31 bits per heavy atom. The van der Waals surface area contributed by atoms with Crippen LogP contribution >= 0.6 is 0 Å². The summed E-state index contributed by atoms with van der Waals surface area (Å²) in [5, 5.41) is 4.84. The summed E-state index contributed by atoms with van der Waals surface area (Å²) in [6.45, 7) is 5.66. The Morgan fingerprint density at radius 1 is 0.969 bits per heavy atom. The summed E-state index contributed by atoms with van der Waals surface area (Å²) in [6.07, 6.45) is 0. The summed E-state index contributed by atoms with van der Waals surface area (Å²) >= 11 is 0. The van der Waals surface area contributed by atoms with Gasteiger partial charge in [-0.1, -0.05) is 66.7 Å². The zero-order chi connectivity index (χ0) is 22.9. The topological polar surface area (TPSA) is 69.7 Å². The van der Waals surface area contributed by atoms with Gasteiger partial charge in [0.25, 0.3) is 5.91 Å². The number of benzene rings is 3. The van der Waals surface area contributed by atoms with Gasteiger partial charge in [-0.15, -0.1) is 0 Å². The lowest BCUT2D eigenvalue weighted by Gasteiger charge is -2.28. The van der Waals surface area contributed by atoms with Gasteiger partial charge in [-0.3, -0.25) is 14.5 Å². The lowest BCUT2D eigenvalue weighted by Crippen LogP contribution is -2.46. The highest BCUT2D eigenvalue weighted by molar-refractivity contribution is 6.09. The molecule has 0 bridgehead atoms. The number of rotatable bonds is 6. The van der Waals surface area contributed by atoms with E-state index in [0.29, 0.717) is 12.1 Å². The summed E-state index contributed by atoms with van der Waals surface area (Å²) < 4.78 is 0. The molecule has 0 radical (unpaired) electrons. The van der Waals surface area contributed by atoms with Crippen molar-refractivity contribution in [3.8, 4) is 0 Å². The molecular formula is C26H27N3O3. The van der Waals surface area contributed by atoms with Crippen molar-refractivity contribution in [1.82, 2.24) is 15.1 Å². The number of hydrogen-bond acceptors (Lipinski definition) is 3. The van der Waals surface area contributed by atoms with Crippen LogP contribution in [0.2, 0.25) is 0 Å². The molecule has 1 aliphatic rings. The molecule has 1 fully saturated rings. The first-order chi connectivity index (χ1) is 15.3. The zero-order valence-electron chi connectivity index (χ0n) is 18.5. The van der Waals surface area contributed by atoms with Crippen LogP contribution in [0.5, 0.6) is 0 Å². The molecule has 164 valence electrons. The molecule has 0 aromatic heterocycles. The summed E-state index contributed by atoms with van der Waals surface area (Å²) in [5.74, 6) is -0.690. The Balaban J connectivity index is 1.55. The van der Waals surface area contributed by atoms with Gasteiger partial charge in [0.15, 0.2) is 0 Å². The van der Waals surface area contributed by atoms with Crippen LogP contribution in [0.25, 0.3) is 10.8 Å². The van der Waals surface area contributed by atoms with E-state index in [0.717, 1.165) is 21.2 Å². The van der Waals surface area contributed by atoms with E-state index in [-0.39, 0.29) is 18.5 Å². The Bertz CT molecular complexity index is 1180. The fourth-order valence-electron chi connectivity index (χ4n) is 4.10. The molecule has 0 spiro atoms. The quantitative estimate of drug-likeness (QED) is 0.601. The molecule has 1 aliphatic heterocycles. The lowest BCUT2D eigenvalue weighted by atomic mass is 9.90. The van der Waals surface area contributed by atoms with E-state index in [1.807, 2.05) is 86.6 Å². The van der Waals surface area contributed by atoms with Crippen LogP contribution < -0.4 is 5.32 Å². The predicted molar refractivity (Wildman–Crippen MR) is 124 cm³/mol. The van der Waals surface area contributed by atoms with Crippen molar-refractivity contribution in [1.29, 1.82) is 0 Å². The van der Waals surface area contributed by atoms with Gasteiger partial charge in [0.1, 0.15) is 12.1 Å². The van der Waals surface area contributed by atoms with Crippen LogP contribution in [0.4, 0.5) is 4.79 Å². The molecule has 1 N–H and O–H groups in total. The van der Waals surface area contributed by atoms with Crippen LogP contribution in [0.1, 0.15) is 31.9 Å². The fraction of sp³-hybridized carbons (Fsp3) is 0.269. The number of carbonyl (C=O) groups excluding carboxylic acids is 3. The van der Waals surface area contributed by atoms with E-state index < -0.39 is 17.5 Å². The Kier molecular flexibility index (Phi) is 5.70. The van der Waals surface area contributed by atoms with Gasteiger partial charge in [0.05, 0.1) is 0 Å². The van der Waals surface area contributed by atoms with E-state index in [2.05, 4.69) is 5.32 Å². The molecule has 4 amide bonds. The summed E-state index contributed by atoms with van der Waals surface area (Å²) in [4.78, 5) is 41.9. The minimum atomic E-state index is -1.22. The minimum absolute atomic E-state index is 0.0738. The lowest BCUT2D eigenvalue weighted by molar-refractivity contribution is -0.140. The average molecular weight is 430 g/mol. The summed E-state index contributed by atoms with van der Waals surface area (Å²) in [6, 6.07) is 22.6. The molecule has 6 heteroatoms. The molecule has 0 aliphatic carbocycles. The molecule has 1 unspecified atom stereocenters. The van der Waals surface area contributed by atoms with E-state index >= 15 is 0 Å². The zero-order valence-corrected chi connectivity index (χ0v) is 18.5.